The molecule has 0 amide bonds. The highest BCUT2D eigenvalue weighted by atomic mass is 79.9. The van der Waals surface area contributed by atoms with Crippen molar-refractivity contribution >= 4 is 44.8 Å². The zero-order valence-electron chi connectivity index (χ0n) is 10.1. The number of hydrogen-bond acceptors (Lipinski definition) is 1. The van der Waals surface area contributed by atoms with Crippen LogP contribution >= 0.6 is 39.1 Å². The Morgan fingerprint density at radius 3 is 2.47 bits per heavy atom. The molecular weight excluding hydrogens is 352 g/mol. The van der Waals surface area contributed by atoms with Crippen LogP contribution in [0.25, 0.3) is 0 Å². The molecular formula is C14H11BrCl2FN. The molecule has 1 atom stereocenters. The van der Waals surface area contributed by atoms with Crippen LogP contribution in [0.3, 0.4) is 0 Å². The van der Waals surface area contributed by atoms with Crippen molar-refractivity contribution in [3.63, 3.8) is 0 Å². The summed E-state index contributed by atoms with van der Waals surface area (Å²) in [4.78, 5) is 0. The van der Waals surface area contributed by atoms with Crippen LogP contribution in [0.1, 0.15) is 18.5 Å². The van der Waals surface area contributed by atoms with Crippen LogP contribution in [0.15, 0.2) is 40.9 Å². The van der Waals surface area contributed by atoms with Crippen LogP contribution in [-0.2, 0) is 0 Å². The van der Waals surface area contributed by atoms with Gasteiger partial charge in [-0.3, -0.25) is 0 Å². The lowest BCUT2D eigenvalue weighted by atomic mass is 10.1. The van der Waals surface area contributed by atoms with Gasteiger partial charge in [0.15, 0.2) is 0 Å². The van der Waals surface area contributed by atoms with Gasteiger partial charge in [0, 0.05) is 10.5 Å². The predicted molar refractivity (Wildman–Crippen MR) is 82.6 cm³/mol. The molecule has 0 aliphatic rings. The molecule has 2 rings (SSSR count). The van der Waals surface area contributed by atoms with Gasteiger partial charge in [-0.25, -0.2) is 4.39 Å². The van der Waals surface area contributed by atoms with E-state index in [0.717, 1.165) is 5.56 Å². The summed E-state index contributed by atoms with van der Waals surface area (Å²) < 4.78 is 14.4. The first-order chi connectivity index (χ1) is 8.97. The first kappa shape index (κ1) is 14.6. The van der Waals surface area contributed by atoms with Gasteiger partial charge in [0.2, 0.25) is 0 Å². The molecule has 0 aliphatic heterocycles. The van der Waals surface area contributed by atoms with Crippen molar-refractivity contribution in [2.24, 2.45) is 0 Å². The molecule has 19 heavy (non-hydrogen) atoms. The summed E-state index contributed by atoms with van der Waals surface area (Å²) in [6.07, 6.45) is 0. The van der Waals surface area contributed by atoms with Crippen LogP contribution in [0.5, 0.6) is 0 Å². The summed E-state index contributed by atoms with van der Waals surface area (Å²) in [6, 6.07) is 10.2. The van der Waals surface area contributed by atoms with Crippen LogP contribution in [0.4, 0.5) is 10.1 Å². The Morgan fingerprint density at radius 2 is 1.84 bits per heavy atom. The standard InChI is InChI=1S/C14H11BrCl2FN/c1-8(9-2-4-11(16)12(17)6-9)19-14-5-3-10(15)7-13(14)18/h2-8,19H,1H3. The SMILES string of the molecule is CC(Nc1ccc(Br)cc1F)c1ccc(Cl)c(Cl)c1. The largest absolute Gasteiger partial charge is 0.376 e. The molecule has 1 unspecified atom stereocenters. The summed E-state index contributed by atoms with van der Waals surface area (Å²) in [7, 11) is 0. The monoisotopic (exact) mass is 361 g/mol. The van der Waals surface area contributed by atoms with E-state index in [2.05, 4.69) is 21.2 Å². The Balaban J connectivity index is 2.20. The van der Waals surface area contributed by atoms with Gasteiger partial charge in [-0.2, -0.15) is 0 Å². The van der Waals surface area contributed by atoms with E-state index < -0.39 is 0 Å². The lowest BCUT2D eigenvalue weighted by Gasteiger charge is -2.17. The second kappa shape index (κ2) is 6.12. The minimum Gasteiger partial charge on any atom is -0.376 e. The molecule has 2 aromatic carbocycles. The molecule has 0 bridgehead atoms. The van der Waals surface area contributed by atoms with Crippen molar-refractivity contribution in [2.45, 2.75) is 13.0 Å². The van der Waals surface area contributed by atoms with Gasteiger partial charge in [-0.1, -0.05) is 45.2 Å². The topological polar surface area (TPSA) is 12.0 Å². The van der Waals surface area contributed by atoms with Gasteiger partial charge in [-0.05, 0) is 42.8 Å². The van der Waals surface area contributed by atoms with Gasteiger partial charge in [0.1, 0.15) is 5.82 Å². The number of halogens is 4. The van der Waals surface area contributed by atoms with Crippen LogP contribution in [-0.4, -0.2) is 0 Å². The molecule has 0 heterocycles. The Morgan fingerprint density at radius 1 is 1.11 bits per heavy atom. The molecule has 1 N–H and O–H groups in total. The van der Waals surface area contributed by atoms with E-state index in [1.807, 2.05) is 13.0 Å². The highest BCUT2D eigenvalue weighted by Gasteiger charge is 2.10. The number of benzene rings is 2. The van der Waals surface area contributed by atoms with Gasteiger partial charge < -0.3 is 5.32 Å². The van der Waals surface area contributed by atoms with Crippen LogP contribution in [0.2, 0.25) is 10.0 Å². The summed E-state index contributed by atoms with van der Waals surface area (Å²) in [5, 5.41) is 4.10. The Labute approximate surface area is 129 Å². The van der Waals surface area contributed by atoms with E-state index in [1.165, 1.54) is 6.07 Å². The maximum Gasteiger partial charge on any atom is 0.147 e. The fraction of sp³-hybridized carbons (Fsp3) is 0.143. The van der Waals surface area contributed by atoms with Crippen molar-refractivity contribution in [1.82, 2.24) is 0 Å². The van der Waals surface area contributed by atoms with E-state index >= 15 is 0 Å². The van der Waals surface area contributed by atoms with Crippen molar-refractivity contribution in [3.8, 4) is 0 Å². The second-order valence-corrected chi connectivity index (χ2v) is 5.89. The van der Waals surface area contributed by atoms with E-state index in [0.29, 0.717) is 20.2 Å². The summed E-state index contributed by atoms with van der Waals surface area (Å²) >= 11 is 15.1. The number of nitrogens with one attached hydrogen (secondary N) is 1. The highest BCUT2D eigenvalue weighted by Crippen LogP contribution is 2.28. The quantitative estimate of drug-likeness (QED) is 0.698. The third-order valence-electron chi connectivity index (χ3n) is 2.75. The van der Waals surface area contributed by atoms with Gasteiger partial charge in [0.25, 0.3) is 0 Å². The summed E-state index contributed by atoms with van der Waals surface area (Å²) in [6.45, 7) is 1.93. The molecule has 0 aromatic heterocycles. The molecule has 0 saturated carbocycles. The lowest BCUT2D eigenvalue weighted by Crippen LogP contribution is -2.07. The molecule has 1 nitrogen and oxygen atoms in total. The zero-order chi connectivity index (χ0) is 14.0. The van der Waals surface area contributed by atoms with Crippen molar-refractivity contribution in [3.05, 3.63) is 62.3 Å². The van der Waals surface area contributed by atoms with Gasteiger partial charge in [0.05, 0.1) is 15.7 Å². The average molecular weight is 363 g/mol. The smallest absolute Gasteiger partial charge is 0.147 e. The number of anilines is 1. The van der Waals surface area contributed by atoms with E-state index in [-0.39, 0.29) is 11.9 Å². The normalized spacial score (nSPS) is 12.3. The molecule has 0 aliphatic carbocycles. The minimum absolute atomic E-state index is 0.0783. The molecule has 5 heteroatoms. The Kier molecular flexibility index (Phi) is 4.71. The second-order valence-electron chi connectivity index (χ2n) is 4.16. The van der Waals surface area contributed by atoms with Gasteiger partial charge in [-0.15, -0.1) is 0 Å². The maximum atomic E-state index is 13.7. The van der Waals surface area contributed by atoms with Crippen LogP contribution in [0, 0.1) is 5.82 Å². The molecule has 0 fully saturated rings. The fourth-order valence-corrected chi connectivity index (χ4v) is 2.34. The van der Waals surface area contributed by atoms with Crippen molar-refractivity contribution in [1.29, 1.82) is 0 Å². The Bertz CT molecular complexity index is 604. The maximum absolute atomic E-state index is 13.7. The van der Waals surface area contributed by atoms with Crippen molar-refractivity contribution in [2.75, 3.05) is 5.32 Å². The molecule has 100 valence electrons. The number of rotatable bonds is 3. The number of hydrogen-bond donors (Lipinski definition) is 1. The molecule has 0 spiro atoms. The summed E-state index contributed by atoms with van der Waals surface area (Å²) in [5.74, 6) is -0.304. The van der Waals surface area contributed by atoms with E-state index in [4.69, 9.17) is 23.2 Å². The van der Waals surface area contributed by atoms with E-state index in [1.54, 1.807) is 24.3 Å². The minimum atomic E-state index is -0.304. The Hall–Kier alpha value is -0.770. The summed E-state index contributed by atoms with van der Waals surface area (Å²) in [5.41, 5.74) is 1.39. The zero-order valence-corrected chi connectivity index (χ0v) is 13.2. The molecule has 2 aromatic rings. The fourth-order valence-electron chi connectivity index (χ4n) is 1.70. The van der Waals surface area contributed by atoms with Crippen molar-refractivity contribution < 1.29 is 4.39 Å². The van der Waals surface area contributed by atoms with E-state index in [9.17, 15) is 4.39 Å². The van der Waals surface area contributed by atoms with Gasteiger partial charge >= 0.3 is 0 Å². The molecule has 0 radical (unpaired) electrons. The third kappa shape index (κ3) is 3.62. The average Bonchev–Trinajstić information content (AvgIpc) is 2.36. The third-order valence-corrected chi connectivity index (χ3v) is 3.98. The van der Waals surface area contributed by atoms with Crippen LogP contribution < -0.4 is 5.32 Å². The lowest BCUT2D eigenvalue weighted by molar-refractivity contribution is 0.626. The predicted octanol–water partition coefficient (Wildman–Crippen LogP) is 6.07. The first-order valence-corrected chi connectivity index (χ1v) is 7.19. The first-order valence-electron chi connectivity index (χ1n) is 5.64. The molecule has 0 saturated heterocycles. The highest BCUT2D eigenvalue weighted by molar-refractivity contribution is 9.10.